The number of hydrogen-bond donors (Lipinski definition) is 0. The standard InChI is InChI=1S/C9H18N/c1-2-8(7-10)3-4-9-5-6-9/h8-10H,2-7H2,1H3. The van der Waals surface area contributed by atoms with Crippen molar-refractivity contribution in [2.45, 2.75) is 39.0 Å². The molecular weight excluding hydrogens is 122 g/mol. The molecule has 1 rings (SSSR count). The van der Waals surface area contributed by atoms with E-state index in [0.717, 1.165) is 5.92 Å². The summed E-state index contributed by atoms with van der Waals surface area (Å²) in [7, 11) is 0. The Morgan fingerprint density at radius 3 is 2.60 bits per heavy atom. The molecule has 1 heteroatoms. The first-order valence-electron chi connectivity index (χ1n) is 4.51. The molecule has 1 atom stereocenters. The van der Waals surface area contributed by atoms with Gasteiger partial charge in [0, 0.05) is 6.54 Å². The highest BCUT2D eigenvalue weighted by Crippen LogP contribution is 2.34. The summed E-state index contributed by atoms with van der Waals surface area (Å²) in [5.41, 5.74) is 7.22. The molecular formula is C9H18N. The average molecular weight is 140 g/mol. The van der Waals surface area contributed by atoms with Gasteiger partial charge in [0.15, 0.2) is 0 Å². The minimum atomic E-state index is 0.642. The summed E-state index contributed by atoms with van der Waals surface area (Å²) in [4.78, 5) is 0. The topological polar surface area (TPSA) is 23.8 Å². The second-order valence-electron chi connectivity index (χ2n) is 3.50. The highest BCUT2D eigenvalue weighted by molar-refractivity contribution is 4.74. The van der Waals surface area contributed by atoms with Gasteiger partial charge in [-0.05, 0) is 18.3 Å². The van der Waals surface area contributed by atoms with Gasteiger partial charge in [-0.15, -0.1) is 0 Å². The van der Waals surface area contributed by atoms with Gasteiger partial charge in [-0.25, -0.2) is 0 Å². The Morgan fingerprint density at radius 1 is 1.50 bits per heavy atom. The highest BCUT2D eigenvalue weighted by Gasteiger charge is 2.21. The fourth-order valence-corrected chi connectivity index (χ4v) is 1.33. The van der Waals surface area contributed by atoms with Gasteiger partial charge in [0.2, 0.25) is 0 Å². The van der Waals surface area contributed by atoms with Crippen LogP contribution in [0.25, 0.3) is 0 Å². The fraction of sp³-hybridized carbons (Fsp3) is 1.00. The first-order chi connectivity index (χ1) is 4.86. The van der Waals surface area contributed by atoms with E-state index >= 15 is 0 Å². The van der Waals surface area contributed by atoms with Crippen molar-refractivity contribution in [3.63, 3.8) is 0 Å². The smallest absolute Gasteiger partial charge is 0.0128 e. The van der Waals surface area contributed by atoms with Crippen LogP contribution in [0.5, 0.6) is 0 Å². The molecule has 1 saturated carbocycles. The third-order valence-corrected chi connectivity index (χ3v) is 2.55. The molecule has 1 fully saturated rings. The van der Waals surface area contributed by atoms with Crippen molar-refractivity contribution in [3.8, 4) is 0 Å². The van der Waals surface area contributed by atoms with E-state index in [9.17, 15) is 0 Å². The van der Waals surface area contributed by atoms with E-state index in [0.29, 0.717) is 12.5 Å². The van der Waals surface area contributed by atoms with Gasteiger partial charge in [0.05, 0.1) is 0 Å². The summed E-state index contributed by atoms with van der Waals surface area (Å²) in [6, 6.07) is 0. The third kappa shape index (κ3) is 2.70. The molecule has 0 spiro atoms. The molecule has 59 valence electrons. The van der Waals surface area contributed by atoms with E-state index in [1.165, 1.54) is 32.1 Å². The Hall–Kier alpha value is -0.0400. The molecule has 0 aromatic heterocycles. The molecule has 0 aromatic rings. The summed E-state index contributed by atoms with van der Waals surface area (Å²) < 4.78 is 0. The van der Waals surface area contributed by atoms with Crippen LogP contribution < -0.4 is 5.73 Å². The van der Waals surface area contributed by atoms with Gasteiger partial charge < -0.3 is 0 Å². The molecule has 0 heterocycles. The van der Waals surface area contributed by atoms with E-state index in [1.807, 2.05) is 0 Å². The minimum Gasteiger partial charge on any atom is -0.258 e. The lowest BCUT2D eigenvalue weighted by Gasteiger charge is -2.09. The summed E-state index contributed by atoms with van der Waals surface area (Å²) in [5, 5.41) is 0. The van der Waals surface area contributed by atoms with Crippen LogP contribution in [0.1, 0.15) is 39.0 Å². The van der Waals surface area contributed by atoms with E-state index in [4.69, 9.17) is 5.73 Å². The average Bonchev–Trinajstić information content (AvgIpc) is 2.74. The summed E-state index contributed by atoms with van der Waals surface area (Å²) in [6.07, 6.45) is 6.85. The number of hydrogen-bond acceptors (Lipinski definition) is 0. The van der Waals surface area contributed by atoms with E-state index < -0.39 is 0 Å². The van der Waals surface area contributed by atoms with Crippen molar-refractivity contribution in [2.24, 2.45) is 11.8 Å². The molecule has 0 saturated heterocycles. The predicted molar refractivity (Wildman–Crippen MR) is 43.7 cm³/mol. The molecule has 1 nitrogen and oxygen atoms in total. The zero-order chi connectivity index (χ0) is 7.40. The van der Waals surface area contributed by atoms with Gasteiger partial charge in [0.1, 0.15) is 0 Å². The van der Waals surface area contributed by atoms with E-state index in [1.54, 1.807) is 0 Å². The van der Waals surface area contributed by atoms with Crippen LogP contribution in [0.3, 0.4) is 0 Å². The molecule has 1 aliphatic carbocycles. The third-order valence-electron chi connectivity index (χ3n) is 2.55. The monoisotopic (exact) mass is 140 g/mol. The number of rotatable bonds is 5. The Morgan fingerprint density at radius 2 is 2.20 bits per heavy atom. The first-order valence-corrected chi connectivity index (χ1v) is 4.51. The first kappa shape index (κ1) is 8.06. The normalized spacial score (nSPS) is 21.0. The maximum atomic E-state index is 7.22. The molecule has 0 aliphatic heterocycles. The van der Waals surface area contributed by atoms with Crippen molar-refractivity contribution in [1.29, 1.82) is 0 Å². The predicted octanol–water partition coefficient (Wildman–Crippen LogP) is 2.49. The van der Waals surface area contributed by atoms with Crippen LogP contribution in [-0.2, 0) is 0 Å². The second kappa shape index (κ2) is 3.97. The van der Waals surface area contributed by atoms with Crippen LogP contribution >= 0.6 is 0 Å². The second-order valence-corrected chi connectivity index (χ2v) is 3.50. The van der Waals surface area contributed by atoms with Crippen LogP contribution in [0.15, 0.2) is 0 Å². The Labute approximate surface area is 64.0 Å². The molecule has 0 aromatic carbocycles. The SMILES string of the molecule is CCC(C[NH])CCC1CC1. The summed E-state index contributed by atoms with van der Waals surface area (Å²) in [6.45, 7) is 2.84. The molecule has 1 unspecified atom stereocenters. The maximum absolute atomic E-state index is 7.22. The lowest BCUT2D eigenvalue weighted by atomic mass is 9.99. The fourth-order valence-electron chi connectivity index (χ4n) is 1.33. The van der Waals surface area contributed by atoms with Crippen LogP contribution in [-0.4, -0.2) is 6.54 Å². The van der Waals surface area contributed by atoms with Gasteiger partial charge in [-0.1, -0.05) is 32.6 Å². The summed E-state index contributed by atoms with van der Waals surface area (Å²) in [5.74, 6) is 1.75. The van der Waals surface area contributed by atoms with Gasteiger partial charge in [0.25, 0.3) is 0 Å². The molecule has 1 aliphatic rings. The Balaban J connectivity index is 1.97. The zero-order valence-corrected chi connectivity index (χ0v) is 6.90. The Bertz CT molecular complexity index is 82.7. The maximum Gasteiger partial charge on any atom is 0.0128 e. The number of nitrogens with one attached hydrogen (secondary N) is 1. The quantitative estimate of drug-likeness (QED) is 0.560. The minimum absolute atomic E-state index is 0.642. The largest absolute Gasteiger partial charge is 0.258 e. The van der Waals surface area contributed by atoms with Crippen molar-refractivity contribution < 1.29 is 0 Å². The van der Waals surface area contributed by atoms with Crippen molar-refractivity contribution in [3.05, 3.63) is 0 Å². The van der Waals surface area contributed by atoms with Crippen LogP contribution in [0.4, 0.5) is 0 Å². The molecule has 1 N–H and O–H groups in total. The van der Waals surface area contributed by atoms with Gasteiger partial charge >= 0.3 is 0 Å². The molecule has 0 bridgehead atoms. The van der Waals surface area contributed by atoms with Crippen LogP contribution in [0.2, 0.25) is 0 Å². The van der Waals surface area contributed by atoms with Gasteiger partial charge in [-0.2, -0.15) is 0 Å². The van der Waals surface area contributed by atoms with Crippen LogP contribution in [0, 0.1) is 11.8 Å². The highest BCUT2D eigenvalue weighted by atomic mass is 14.5. The lowest BCUT2D eigenvalue weighted by Crippen LogP contribution is -2.05. The van der Waals surface area contributed by atoms with Gasteiger partial charge in [-0.3, -0.25) is 5.73 Å². The molecule has 0 amide bonds. The molecule has 1 radical (unpaired) electrons. The molecule has 10 heavy (non-hydrogen) atoms. The zero-order valence-electron chi connectivity index (χ0n) is 6.90. The van der Waals surface area contributed by atoms with E-state index in [-0.39, 0.29) is 0 Å². The van der Waals surface area contributed by atoms with E-state index in [2.05, 4.69) is 6.92 Å². The Kier molecular flexibility index (Phi) is 3.20. The van der Waals surface area contributed by atoms with Crippen molar-refractivity contribution >= 4 is 0 Å². The summed E-state index contributed by atoms with van der Waals surface area (Å²) >= 11 is 0. The van der Waals surface area contributed by atoms with Crippen molar-refractivity contribution in [2.75, 3.05) is 6.54 Å². The lowest BCUT2D eigenvalue weighted by molar-refractivity contribution is 0.445. The van der Waals surface area contributed by atoms with Crippen molar-refractivity contribution in [1.82, 2.24) is 5.73 Å².